The highest BCUT2D eigenvalue weighted by atomic mass is 16.5. The summed E-state index contributed by atoms with van der Waals surface area (Å²) in [5.74, 6) is 0.204. The maximum absolute atomic E-state index is 13.2. The van der Waals surface area contributed by atoms with Gasteiger partial charge in [-0.1, -0.05) is 226 Å². The monoisotopic (exact) mass is 1240 g/mol. The number of carbonyl (C=O) groups is 4. The lowest BCUT2D eigenvalue weighted by molar-refractivity contribution is -0.146. The third kappa shape index (κ3) is 22.9. The quantitative estimate of drug-likeness (QED) is 0.0208. The zero-order valence-electron chi connectivity index (χ0n) is 55.2. The Labute approximate surface area is 547 Å². The average Bonchev–Trinajstić information content (AvgIpc) is 1.04. The van der Waals surface area contributed by atoms with Crippen molar-refractivity contribution >= 4 is 45.4 Å². The molecule has 0 fully saturated rings. The molecule has 486 valence electrons. The van der Waals surface area contributed by atoms with Crippen molar-refractivity contribution in [1.29, 1.82) is 0 Å². The lowest BCUT2D eigenvalue weighted by atomic mass is 9.98. The summed E-state index contributed by atoms with van der Waals surface area (Å²) in [7, 11) is 0. The van der Waals surface area contributed by atoms with Crippen LogP contribution in [-0.4, -0.2) is 50.3 Å². The molecule has 2 unspecified atom stereocenters. The minimum Gasteiger partial charge on any atom is -0.494 e. The molecule has 8 aromatic carbocycles. The SMILES string of the molecule is CCCCCCCCCCCCOc1ccc(-c2ccc(C(=O)Oc3ccc4cc(C(C)C(=O)OCCCCCCOC(=O)C(C)c5ccc6cc(OC(=O)c7ccc(-c8ccc(OCCCCCCCCCCCC)cc8)cc7)ccc6c5)ccc4c3)cc2)cc1. The minimum absolute atomic E-state index is 0.294. The van der Waals surface area contributed by atoms with Gasteiger partial charge in [0.15, 0.2) is 0 Å². The van der Waals surface area contributed by atoms with Gasteiger partial charge in [0.2, 0.25) is 0 Å². The summed E-state index contributed by atoms with van der Waals surface area (Å²) in [6, 6.07) is 53.6. The van der Waals surface area contributed by atoms with Gasteiger partial charge in [-0.15, -0.1) is 0 Å². The highest BCUT2D eigenvalue weighted by Gasteiger charge is 2.20. The molecule has 0 heterocycles. The molecule has 0 aliphatic heterocycles. The van der Waals surface area contributed by atoms with E-state index in [9.17, 15) is 19.2 Å². The molecule has 10 nitrogen and oxygen atoms in total. The number of hydrogen-bond donors (Lipinski definition) is 0. The number of hydrogen-bond acceptors (Lipinski definition) is 10. The summed E-state index contributed by atoms with van der Waals surface area (Å²) < 4.78 is 35.0. The molecule has 0 aliphatic carbocycles. The average molecular weight is 1240 g/mol. The Morgan fingerprint density at radius 3 is 0.902 bits per heavy atom. The van der Waals surface area contributed by atoms with Crippen LogP contribution in [0.2, 0.25) is 0 Å². The third-order valence-electron chi connectivity index (χ3n) is 17.5. The summed E-state index contributed by atoms with van der Waals surface area (Å²) in [6.07, 6.45) is 29.0. The van der Waals surface area contributed by atoms with Crippen molar-refractivity contribution in [2.24, 2.45) is 0 Å². The molecule has 0 saturated heterocycles. The number of benzene rings is 8. The fourth-order valence-electron chi connectivity index (χ4n) is 11.6. The Hall–Kier alpha value is -8.24. The molecule has 0 radical (unpaired) electrons. The van der Waals surface area contributed by atoms with E-state index in [0.717, 1.165) is 105 Å². The zero-order chi connectivity index (χ0) is 64.5. The first-order valence-corrected chi connectivity index (χ1v) is 34.6. The zero-order valence-corrected chi connectivity index (χ0v) is 55.2. The molecule has 0 aromatic heterocycles. The van der Waals surface area contributed by atoms with Crippen LogP contribution in [0.4, 0.5) is 0 Å². The van der Waals surface area contributed by atoms with Crippen molar-refractivity contribution in [3.8, 4) is 45.3 Å². The Morgan fingerprint density at radius 1 is 0.293 bits per heavy atom. The molecule has 0 amide bonds. The molecule has 10 heteroatoms. The Balaban J connectivity index is 0.669. The van der Waals surface area contributed by atoms with Crippen LogP contribution in [0.5, 0.6) is 23.0 Å². The second-order valence-corrected chi connectivity index (χ2v) is 24.8. The van der Waals surface area contributed by atoms with Gasteiger partial charge in [0, 0.05) is 0 Å². The van der Waals surface area contributed by atoms with Crippen LogP contribution in [0.1, 0.15) is 225 Å². The first-order chi connectivity index (χ1) is 45.0. The second-order valence-electron chi connectivity index (χ2n) is 24.8. The van der Waals surface area contributed by atoms with Gasteiger partial charge < -0.3 is 28.4 Å². The van der Waals surface area contributed by atoms with E-state index >= 15 is 0 Å². The van der Waals surface area contributed by atoms with Crippen molar-refractivity contribution in [3.63, 3.8) is 0 Å². The number of carbonyl (C=O) groups excluding carboxylic acids is 4. The van der Waals surface area contributed by atoms with Crippen LogP contribution in [0.15, 0.2) is 170 Å². The summed E-state index contributed by atoms with van der Waals surface area (Å²) in [4.78, 5) is 52.6. The van der Waals surface area contributed by atoms with Crippen molar-refractivity contribution in [2.75, 3.05) is 26.4 Å². The Bertz CT molecular complexity index is 3280. The van der Waals surface area contributed by atoms with Crippen LogP contribution in [-0.2, 0) is 19.1 Å². The largest absolute Gasteiger partial charge is 0.494 e. The van der Waals surface area contributed by atoms with Gasteiger partial charge in [-0.05, 0) is 180 Å². The van der Waals surface area contributed by atoms with E-state index in [2.05, 4.69) is 13.8 Å². The maximum Gasteiger partial charge on any atom is 0.343 e. The summed E-state index contributed by atoms with van der Waals surface area (Å²) >= 11 is 0. The number of fused-ring (bicyclic) bond motifs is 2. The fourth-order valence-corrected chi connectivity index (χ4v) is 11.6. The lowest BCUT2D eigenvalue weighted by Gasteiger charge is -2.14. The standard InChI is InChI=1S/C82H98O10/c1-5-7-9-11-13-15-17-19-21-25-53-87-75-47-41-65(42-48-75)63-29-33-67(34-30-63)81(85)91-77-51-45-71-57-69(37-39-73(71)59-77)61(3)79(83)89-55-27-23-24-28-56-90-80(84)62(4)70-38-40-74-60-78(52-46-72(74)58-70)92-82(86)68-35-31-64(32-36-68)66-43-49-76(50-44-66)88-54-26-22-20-18-16-14-12-10-8-6-2/h29-52,57-62H,5-28,53-56H2,1-4H3. The predicted molar refractivity (Wildman–Crippen MR) is 373 cm³/mol. The van der Waals surface area contributed by atoms with Gasteiger partial charge >= 0.3 is 23.9 Å². The molecule has 92 heavy (non-hydrogen) atoms. The van der Waals surface area contributed by atoms with Crippen molar-refractivity contribution in [3.05, 3.63) is 192 Å². The minimum atomic E-state index is -0.466. The number of esters is 4. The molecular weight excluding hydrogens is 1140 g/mol. The molecule has 8 rings (SSSR count). The van der Waals surface area contributed by atoms with E-state index in [4.69, 9.17) is 28.4 Å². The van der Waals surface area contributed by atoms with Gasteiger partial charge in [0.25, 0.3) is 0 Å². The fraction of sp³-hybridized carbons (Fsp3) is 0.415. The van der Waals surface area contributed by atoms with Gasteiger partial charge in [-0.25, -0.2) is 9.59 Å². The lowest BCUT2D eigenvalue weighted by Crippen LogP contribution is -2.14. The van der Waals surface area contributed by atoms with E-state index < -0.39 is 23.8 Å². The molecule has 0 spiro atoms. The van der Waals surface area contributed by atoms with E-state index in [-0.39, 0.29) is 11.9 Å². The summed E-state index contributed by atoms with van der Waals surface area (Å²) in [5, 5.41) is 3.60. The number of ether oxygens (including phenoxy) is 6. The van der Waals surface area contributed by atoms with E-state index in [1.807, 2.05) is 147 Å². The first kappa shape index (κ1) is 69.6. The number of rotatable bonds is 41. The van der Waals surface area contributed by atoms with Crippen LogP contribution in [0.25, 0.3) is 43.8 Å². The second kappa shape index (κ2) is 38.6. The van der Waals surface area contributed by atoms with Gasteiger partial charge in [0.05, 0.1) is 49.4 Å². The van der Waals surface area contributed by atoms with Crippen molar-refractivity contribution in [2.45, 2.75) is 194 Å². The molecule has 0 saturated carbocycles. The van der Waals surface area contributed by atoms with Crippen molar-refractivity contribution in [1.82, 2.24) is 0 Å². The Kier molecular flexibility index (Phi) is 29.2. The van der Waals surface area contributed by atoms with E-state index in [0.29, 0.717) is 48.7 Å². The van der Waals surface area contributed by atoms with Gasteiger partial charge in [0.1, 0.15) is 23.0 Å². The van der Waals surface area contributed by atoms with Gasteiger partial charge in [-0.3, -0.25) is 9.59 Å². The molecular formula is C82H98O10. The molecule has 8 aromatic rings. The maximum atomic E-state index is 13.2. The van der Waals surface area contributed by atoms with E-state index in [1.165, 1.54) is 116 Å². The normalized spacial score (nSPS) is 11.9. The summed E-state index contributed by atoms with van der Waals surface area (Å²) in [6.45, 7) is 10.3. The molecule has 0 N–H and O–H groups in total. The predicted octanol–water partition coefficient (Wildman–Crippen LogP) is 21.9. The first-order valence-electron chi connectivity index (χ1n) is 34.6. The molecule has 2 atom stereocenters. The highest BCUT2D eigenvalue weighted by Crippen LogP contribution is 2.31. The summed E-state index contributed by atoms with van der Waals surface area (Å²) in [5.41, 5.74) is 6.66. The molecule has 0 bridgehead atoms. The van der Waals surface area contributed by atoms with Gasteiger partial charge in [-0.2, -0.15) is 0 Å². The highest BCUT2D eigenvalue weighted by molar-refractivity contribution is 5.94. The van der Waals surface area contributed by atoms with Crippen LogP contribution < -0.4 is 18.9 Å². The van der Waals surface area contributed by atoms with Crippen LogP contribution in [0.3, 0.4) is 0 Å². The Morgan fingerprint density at radius 2 is 0.565 bits per heavy atom. The van der Waals surface area contributed by atoms with Crippen LogP contribution in [0, 0.1) is 0 Å². The molecule has 0 aliphatic rings. The van der Waals surface area contributed by atoms with E-state index in [1.54, 1.807) is 36.4 Å². The van der Waals surface area contributed by atoms with Crippen molar-refractivity contribution < 1.29 is 47.6 Å². The number of unbranched alkanes of at least 4 members (excludes halogenated alkanes) is 21. The smallest absolute Gasteiger partial charge is 0.343 e. The topological polar surface area (TPSA) is 124 Å². The van der Waals surface area contributed by atoms with Crippen LogP contribution >= 0.6 is 0 Å². The third-order valence-corrected chi connectivity index (χ3v) is 17.5.